The Kier molecular flexibility index (Phi) is 5.49. The molecule has 0 radical (unpaired) electrons. The third-order valence-electron chi connectivity index (χ3n) is 4.93. The summed E-state index contributed by atoms with van der Waals surface area (Å²) in [6.07, 6.45) is 0. The first-order valence-electron chi connectivity index (χ1n) is 9.49. The summed E-state index contributed by atoms with van der Waals surface area (Å²) < 4.78 is 33.0. The average Bonchev–Trinajstić information content (AvgIpc) is 2.99. The van der Waals surface area contributed by atoms with Gasteiger partial charge in [0, 0.05) is 11.3 Å². The summed E-state index contributed by atoms with van der Waals surface area (Å²) in [5.74, 6) is -1.61. The molecular weight excluding hydrogens is 402 g/mol. The lowest BCUT2D eigenvalue weighted by molar-refractivity contribution is -0.137. The van der Waals surface area contributed by atoms with Crippen LogP contribution in [-0.2, 0) is 16.1 Å². The minimum atomic E-state index is -0.622. The second-order valence-corrected chi connectivity index (χ2v) is 6.90. The zero-order valence-electron chi connectivity index (χ0n) is 16.6. The standard InChI is InChI=1S/C24H18F2N2O3/c1-31-19-11-9-15(10-12-19)21-22(27-18-7-4-6-17(25)13-18)24(30)28(23(21)29)14-16-5-2-3-8-20(16)26/h2-13,27H,14H2,1H3. The van der Waals surface area contributed by atoms with Crippen molar-refractivity contribution in [2.45, 2.75) is 6.54 Å². The number of anilines is 1. The summed E-state index contributed by atoms with van der Waals surface area (Å²) in [6.45, 7) is -0.224. The fourth-order valence-electron chi connectivity index (χ4n) is 3.37. The van der Waals surface area contributed by atoms with Gasteiger partial charge in [0.2, 0.25) is 0 Å². The van der Waals surface area contributed by atoms with Crippen LogP contribution in [0.5, 0.6) is 5.75 Å². The van der Waals surface area contributed by atoms with Gasteiger partial charge in [-0.2, -0.15) is 0 Å². The Morgan fingerprint density at radius 1 is 0.903 bits per heavy atom. The predicted octanol–water partition coefficient (Wildman–Crippen LogP) is 4.37. The SMILES string of the molecule is COc1ccc(C2=C(Nc3cccc(F)c3)C(=O)N(Cc3ccccc3F)C2=O)cc1. The molecule has 0 fully saturated rings. The molecular formula is C24H18F2N2O3. The normalized spacial score (nSPS) is 13.7. The van der Waals surface area contributed by atoms with Crippen molar-refractivity contribution >= 4 is 23.1 Å². The van der Waals surface area contributed by atoms with E-state index in [2.05, 4.69) is 5.32 Å². The number of hydrogen-bond donors (Lipinski definition) is 1. The first-order chi connectivity index (χ1) is 15.0. The number of benzene rings is 3. The Morgan fingerprint density at radius 2 is 1.65 bits per heavy atom. The van der Waals surface area contributed by atoms with Gasteiger partial charge in [-0.05, 0) is 42.0 Å². The van der Waals surface area contributed by atoms with Crippen LogP contribution in [0.4, 0.5) is 14.5 Å². The molecule has 0 saturated carbocycles. The van der Waals surface area contributed by atoms with E-state index in [1.54, 1.807) is 36.4 Å². The average molecular weight is 420 g/mol. The Bertz CT molecular complexity index is 1190. The minimum absolute atomic E-state index is 0.00268. The van der Waals surface area contributed by atoms with E-state index in [-0.39, 0.29) is 23.4 Å². The highest BCUT2D eigenvalue weighted by Crippen LogP contribution is 2.32. The minimum Gasteiger partial charge on any atom is -0.497 e. The number of carbonyl (C=O) groups excluding carboxylic acids is 2. The lowest BCUT2D eigenvalue weighted by atomic mass is 10.0. The first-order valence-corrected chi connectivity index (χ1v) is 9.49. The van der Waals surface area contributed by atoms with Crippen LogP contribution in [0.15, 0.2) is 78.5 Å². The highest BCUT2D eigenvalue weighted by atomic mass is 19.1. The highest BCUT2D eigenvalue weighted by molar-refractivity contribution is 6.36. The zero-order chi connectivity index (χ0) is 22.0. The summed E-state index contributed by atoms with van der Waals surface area (Å²) >= 11 is 0. The van der Waals surface area contributed by atoms with Crippen LogP contribution in [-0.4, -0.2) is 23.8 Å². The van der Waals surface area contributed by atoms with Gasteiger partial charge in [0.15, 0.2) is 0 Å². The molecule has 0 spiro atoms. The maximum Gasteiger partial charge on any atom is 0.278 e. The van der Waals surface area contributed by atoms with Crippen molar-refractivity contribution in [2.24, 2.45) is 0 Å². The summed E-state index contributed by atoms with van der Waals surface area (Å²) in [6, 6.07) is 18.1. The summed E-state index contributed by atoms with van der Waals surface area (Å²) in [5, 5.41) is 2.87. The van der Waals surface area contributed by atoms with Crippen LogP contribution in [0, 0.1) is 11.6 Å². The molecule has 2 amide bonds. The summed E-state index contributed by atoms with van der Waals surface area (Å²) in [5.41, 5.74) is 1.12. The van der Waals surface area contributed by atoms with E-state index in [1.807, 2.05) is 0 Å². The van der Waals surface area contributed by atoms with Crippen LogP contribution in [0.2, 0.25) is 0 Å². The number of amides is 2. The maximum absolute atomic E-state index is 14.2. The second kappa shape index (κ2) is 8.39. The van der Waals surface area contributed by atoms with Crippen molar-refractivity contribution in [1.82, 2.24) is 4.90 Å². The molecule has 3 aromatic rings. The van der Waals surface area contributed by atoms with Crippen molar-refractivity contribution in [3.63, 3.8) is 0 Å². The lowest BCUT2D eigenvalue weighted by Crippen LogP contribution is -2.32. The molecule has 0 aromatic heterocycles. The van der Waals surface area contributed by atoms with Gasteiger partial charge in [-0.1, -0.05) is 36.4 Å². The van der Waals surface area contributed by atoms with Crippen LogP contribution in [0.25, 0.3) is 5.57 Å². The van der Waals surface area contributed by atoms with E-state index in [1.165, 1.54) is 43.5 Å². The van der Waals surface area contributed by atoms with Crippen LogP contribution in [0.3, 0.4) is 0 Å². The molecule has 1 aliphatic heterocycles. The van der Waals surface area contributed by atoms with Gasteiger partial charge < -0.3 is 10.1 Å². The van der Waals surface area contributed by atoms with E-state index in [0.717, 1.165) is 4.90 Å². The third-order valence-corrected chi connectivity index (χ3v) is 4.93. The topological polar surface area (TPSA) is 58.6 Å². The molecule has 3 aromatic carbocycles. The monoisotopic (exact) mass is 420 g/mol. The van der Waals surface area contributed by atoms with E-state index in [9.17, 15) is 18.4 Å². The number of ether oxygens (including phenoxy) is 1. The van der Waals surface area contributed by atoms with Crippen molar-refractivity contribution in [3.05, 3.63) is 101 Å². The largest absolute Gasteiger partial charge is 0.497 e. The Labute approximate surface area is 177 Å². The molecule has 1 aliphatic rings. The molecule has 0 bridgehead atoms. The van der Waals surface area contributed by atoms with Gasteiger partial charge in [0.1, 0.15) is 23.1 Å². The summed E-state index contributed by atoms with van der Waals surface area (Å²) in [4.78, 5) is 27.4. The maximum atomic E-state index is 14.2. The zero-order valence-corrected chi connectivity index (χ0v) is 16.6. The van der Waals surface area contributed by atoms with Crippen LogP contribution < -0.4 is 10.1 Å². The third kappa shape index (κ3) is 4.02. The van der Waals surface area contributed by atoms with Crippen molar-refractivity contribution < 1.29 is 23.1 Å². The predicted molar refractivity (Wildman–Crippen MR) is 112 cm³/mol. The number of imide groups is 1. The number of halogens is 2. The molecule has 0 saturated heterocycles. The fraction of sp³-hybridized carbons (Fsp3) is 0.0833. The Balaban J connectivity index is 1.75. The van der Waals surface area contributed by atoms with E-state index in [4.69, 9.17) is 4.74 Å². The van der Waals surface area contributed by atoms with Gasteiger partial charge in [0.25, 0.3) is 11.8 Å². The number of hydrogen-bond acceptors (Lipinski definition) is 4. The molecule has 1 N–H and O–H groups in total. The number of methoxy groups -OCH3 is 1. The fourth-order valence-corrected chi connectivity index (χ4v) is 3.37. The van der Waals surface area contributed by atoms with Crippen LogP contribution >= 0.6 is 0 Å². The molecule has 0 atom stereocenters. The smallest absolute Gasteiger partial charge is 0.278 e. The Hall–Kier alpha value is -4.00. The van der Waals surface area contributed by atoms with Crippen molar-refractivity contribution in [1.29, 1.82) is 0 Å². The van der Waals surface area contributed by atoms with Crippen molar-refractivity contribution in [2.75, 3.05) is 12.4 Å². The molecule has 1 heterocycles. The molecule has 0 unspecified atom stereocenters. The van der Waals surface area contributed by atoms with Gasteiger partial charge in [-0.15, -0.1) is 0 Å². The lowest BCUT2D eigenvalue weighted by Gasteiger charge is -2.16. The van der Waals surface area contributed by atoms with E-state index < -0.39 is 23.4 Å². The second-order valence-electron chi connectivity index (χ2n) is 6.90. The van der Waals surface area contributed by atoms with Gasteiger partial charge in [-0.25, -0.2) is 8.78 Å². The van der Waals surface area contributed by atoms with Gasteiger partial charge in [0.05, 0.1) is 19.2 Å². The quantitative estimate of drug-likeness (QED) is 0.602. The number of carbonyl (C=O) groups is 2. The number of rotatable bonds is 6. The molecule has 31 heavy (non-hydrogen) atoms. The molecule has 156 valence electrons. The Morgan fingerprint density at radius 3 is 2.32 bits per heavy atom. The molecule has 4 rings (SSSR count). The molecule has 0 aliphatic carbocycles. The van der Waals surface area contributed by atoms with E-state index in [0.29, 0.717) is 17.0 Å². The van der Waals surface area contributed by atoms with Gasteiger partial charge >= 0.3 is 0 Å². The van der Waals surface area contributed by atoms with Crippen molar-refractivity contribution in [3.8, 4) is 5.75 Å². The highest BCUT2D eigenvalue weighted by Gasteiger charge is 2.39. The molecule has 7 heteroatoms. The number of nitrogens with one attached hydrogen (secondary N) is 1. The first kappa shape index (κ1) is 20.3. The van der Waals surface area contributed by atoms with E-state index >= 15 is 0 Å². The molecule has 5 nitrogen and oxygen atoms in total. The van der Waals surface area contributed by atoms with Crippen LogP contribution in [0.1, 0.15) is 11.1 Å². The van der Waals surface area contributed by atoms with Gasteiger partial charge in [-0.3, -0.25) is 14.5 Å². The summed E-state index contributed by atoms with van der Waals surface area (Å²) in [7, 11) is 1.52. The number of nitrogens with zero attached hydrogens (tertiary/aromatic N) is 1.